The normalized spacial score (nSPS) is 15.9. The van der Waals surface area contributed by atoms with Crippen LogP contribution in [0.5, 0.6) is 11.5 Å². The number of carbonyl (C=O) groups excluding carboxylic acids is 1. The molecule has 0 aliphatic carbocycles. The van der Waals surface area contributed by atoms with Gasteiger partial charge in [-0.05, 0) is 30.3 Å². The van der Waals surface area contributed by atoms with Crippen LogP contribution in [0, 0.1) is 0 Å². The van der Waals surface area contributed by atoms with Crippen molar-refractivity contribution in [3.63, 3.8) is 0 Å². The van der Waals surface area contributed by atoms with E-state index in [1.807, 2.05) is 0 Å². The molecule has 5 rings (SSSR count). The molecule has 170 valence electrons. The van der Waals surface area contributed by atoms with E-state index in [4.69, 9.17) is 20.9 Å². The Hall–Kier alpha value is -3.65. The molecule has 0 amide bonds. The number of carbonyl (C=O) groups is 1. The molecule has 3 aromatic rings. The summed E-state index contributed by atoms with van der Waals surface area (Å²) in [6.45, 7) is 0. The van der Waals surface area contributed by atoms with E-state index in [2.05, 4.69) is 0 Å². The maximum atomic E-state index is 12.8. The highest BCUT2D eigenvalue weighted by atomic mass is 32.2. The number of anilines is 2. The number of hydrogen-bond donors (Lipinski definition) is 4. The number of nitrogens with two attached hydrogens (primary N) is 2. The molecule has 0 saturated carbocycles. The Balaban J connectivity index is 2.03. The van der Waals surface area contributed by atoms with E-state index in [0.29, 0.717) is 0 Å². The van der Waals surface area contributed by atoms with Gasteiger partial charge in [0.15, 0.2) is 26.9 Å². The van der Waals surface area contributed by atoms with E-state index in [9.17, 15) is 30.7 Å². The molecule has 0 unspecified atom stereocenters. The number of nitrogen functional groups attached to an aromatic ring is 2. The highest BCUT2D eigenvalue weighted by Crippen LogP contribution is 2.59. The molecule has 11 nitrogen and oxygen atoms in total. The highest BCUT2D eigenvalue weighted by Gasteiger charge is 2.55. The van der Waals surface area contributed by atoms with Gasteiger partial charge in [0.25, 0.3) is 20.2 Å². The predicted molar refractivity (Wildman–Crippen MR) is 113 cm³/mol. The molecular formula is C20H14N2O9S2. The lowest BCUT2D eigenvalue weighted by atomic mass is 9.77. The van der Waals surface area contributed by atoms with Crippen LogP contribution >= 0.6 is 0 Å². The second kappa shape index (κ2) is 6.45. The molecule has 0 atom stereocenters. The van der Waals surface area contributed by atoms with E-state index in [1.54, 1.807) is 12.1 Å². The summed E-state index contributed by atoms with van der Waals surface area (Å²) in [4.78, 5) is 11.1. The van der Waals surface area contributed by atoms with E-state index in [0.717, 1.165) is 0 Å². The molecule has 0 saturated heterocycles. The van der Waals surface area contributed by atoms with E-state index < -0.39 is 64.5 Å². The molecule has 3 aromatic carbocycles. The fourth-order valence-electron chi connectivity index (χ4n) is 4.31. The first-order valence-corrected chi connectivity index (χ1v) is 12.1. The van der Waals surface area contributed by atoms with E-state index in [-0.39, 0.29) is 22.3 Å². The van der Waals surface area contributed by atoms with Crippen molar-refractivity contribution in [1.82, 2.24) is 0 Å². The van der Waals surface area contributed by atoms with E-state index >= 15 is 0 Å². The van der Waals surface area contributed by atoms with Crippen LogP contribution in [0.15, 0.2) is 58.3 Å². The second-order valence-corrected chi connectivity index (χ2v) is 10.1. The summed E-state index contributed by atoms with van der Waals surface area (Å²) < 4.78 is 79.9. The molecule has 6 N–H and O–H groups in total. The summed E-state index contributed by atoms with van der Waals surface area (Å²) in [6.07, 6.45) is 0. The van der Waals surface area contributed by atoms with Crippen LogP contribution in [0.1, 0.15) is 27.0 Å². The van der Waals surface area contributed by atoms with Crippen LogP contribution in [0.4, 0.5) is 11.4 Å². The van der Waals surface area contributed by atoms with Gasteiger partial charge in [0.1, 0.15) is 0 Å². The second-order valence-electron chi connectivity index (χ2n) is 7.39. The summed E-state index contributed by atoms with van der Waals surface area (Å²) in [5.41, 5.74) is 9.17. The molecular weight excluding hydrogens is 476 g/mol. The molecule has 33 heavy (non-hydrogen) atoms. The predicted octanol–water partition coefficient (Wildman–Crippen LogP) is 1.91. The zero-order valence-corrected chi connectivity index (χ0v) is 18.0. The van der Waals surface area contributed by atoms with Gasteiger partial charge in [-0.2, -0.15) is 16.8 Å². The van der Waals surface area contributed by atoms with Crippen molar-refractivity contribution in [3.8, 4) is 11.5 Å². The van der Waals surface area contributed by atoms with Crippen molar-refractivity contribution < 1.29 is 40.2 Å². The minimum Gasteiger partial charge on any atom is -0.453 e. The third-order valence-corrected chi connectivity index (χ3v) is 7.41. The fourth-order valence-corrected chi connectivity index (χ4v) is 5.81. The van der Waals surface area contributed by atoms with Gasteiger partial charge in [0, 0.05) is 16.7 Å². The van der Waals surface area contributed by atoms with Gasteiger partial charge in [0.05, 0.1) is 16.9 Å². The Morgan fingerprint density at radius 2 is 1.21 bits per heavy atom. The van der Waals surface area contributed by atoms with Crippen molar-refractivity contribution in [3.05, 3.63) is 70.8 Å². The van der Waals surface area contributed by atoms with Crippen molar-refractivity contribution in [1.29, 1.82) is 0 Å². The van der Waals surface area contributed by atoms with Gasteiger partial charge in [-0.15, -0.1) is 0 Å². The largest absolute Gasteiger partial charge is 0.453 e. The summed E-state index contributed by atoms with van der Waals surface area (Å²) >= 11 is 0. The zero-order chi connectivity index (χ0) is 23.9. The Kier molecular flexibility index (Phi) is 4.14. The van der Waals surface area contributed by atoms with Crippen LogP contribution in [-0.4, -0.2) is 31.9 Å². The van der Waals surface area contributed by atoms with Crippen LogP contribution in [0.25, 0.3) is 0 Å². The standard InChI is InChI=1S/C20H14N2O9S2/c21-13-7-5-11-15(17(13)32(24,25)26)30-16-12(6-8-14(22)18(16)33(27,28)29)20(11)10-4-2-1-3-9(10)19(23)31-20/h1-8H,21-22H2,(H,24,25,26)(H,27,28,29). The van der Waals surface area contributed by atoms with Crippen molar-refractivity contribution in [2.24, 2.45) is 0 Å². The van der Waals surface area contributed by atoms with Crippen molar-refractivity contribution in [2.75, 3.05) is 11.5 Å². The first-order valence-electron chi connectivity index (χ1n) is 9.19. The number of esters is 1. The van der Waals surface area contributed by atoms with Crippen molar-refractivity contribution >= 4 is 37.6 Å². The van der Waals surface area contributed by atoms with Gasteiger partial charge < -0.3 is 20.9 Å². The number of ether oxygens (including phenoxy) is 2. The van der Waals surface area contributed by atoms with E-state index in [1.165, 1.54) is 36.4 Å². The number of rotatable bonds is 2. The third-order valence-electron chi connectivity index (χ3n) is 5.54. The molecule has 2 heterocycles. The third kappa shape index (κ3) is 2.77. The molecule has 0 fully saturated rings. The molecule has 13 heteroatoms. The lowest BCUT2D eigenvalue weighted by Gasteiger charge is -2.37. The average Bonchev–Trinajstić information content (AvgIpc) is 2.99. The lowest BCUT2D eigenvalue weighted by Crippen LogP contribution is -2.34. The number of fused-ring (bicyclic) bond motifs is 6. The fraction of sp³-hybridized carbons (Fsp3) is 0.0500. The van der Waals surface area contributed by atoms with Crippen LogP contribution in [0.2, 0.25) is 0 Å². The summed E-state index contributed by atoms with van der Waals surface area (Å²) in [5, 5.41) is 0. The average molecular weight is 490 g/mol. The van der Waals surface area contributed by atoms with Crippen LogP contribution in [-0.2, 0) is 30.6 Å². The minimum absolute atomic E-state index is 0.0406. The molecule has 0 aromatic heterocycles. The van der Waals surface area contributed by atoms with Gasteiger partial charge in [-0.3, -0.25) is 9.11 Å². The Labute approximate surface area is 187 Å². The summed E-state index contributed by atoms with van der Waals surface area (Å²) in [5.74, 6) is -1.94. The monoisotopic (exact) mass is 490 g/mol. The first-order chi connectivity index (χ1) is 15.4. The molecule has 0 bridgehead atoms. The number of hydrogen-bond acceptors (Lipinski definition) is 9. The van der Waals surface area contributed by atoms with Gasteiger partial charge in [-0.25, -0.2) is 4.79 Å². The maximum Gasteiger partial charge on any atom is 0.340 e. The topological polar surface area (TPSA) is 196 Å². The van der Waals surface area contributed by atoms with Gasteiger partial charge in [-0.1, -0.05) is 18.2 Å². The Morgan fingerprint density at radius 1 is 0.727 bits per heavy atom. The smallest absolute Gasteiger partial charge is 0.340 e. The quantitative estimate of drug-likeness (QED) is 0.233. The Morgan fingerprint density at radius 3 is 1.70 bits per heavy atom. The molecule has 1 spiro atoms. The van der Waals surface area contributed by atoms with Gasteiger partial charge >= 0.3 is 5.97 Å². The minimum atomic E-state index is -5.01. The first kappa shape index (κ1) is 21.2. The molecule has 2 aliphatic heterocycles. The van der Waals surface area contributed by atoms with Crippen molar-refractivity contribution in [2.45, 2.75) is 15.4 Å². The SMILES string of the molecule is Nc1ccc2c(c1S(=O)(=O)O)Oc1c(ccc(N)c1S(=O)(=O)O)C21OC(=O)c2ccccc21. The zero-order valence-electron chi connectivity index (χ0n) is 16.3. The Bertz CT molecular complexity index is 1530. The summed E-state index contributed by atoms with van der Waals surface area (Å²) in [6, 6.07) is 11.2. The van der Waals surface area contributed by atoms with Gasteiger partial charge in [0.2, 0.25) is 0 Å². The lowest BCUT2D eigenvalue weighted by molar-refractivity contribution is 0.0221. The summed E-state index contributed by atoms with van der Waals surface area (Å²) in [7, 11) is -10.0. The molecule has 0 radical (unpaired) electrons. The highest BCUT2D eigenvalue weighted by molar-refractivity contribution is 7.86. The molecule has 2 aliphatic rings. The van der Waals surface area contributed by atoms with Crippen LogP contribution in [0.3, 0.4) is 0 Å². The number of benzene rings is 3. The van der Waals surface area contributed by atoms with Crippen LogP contribution < -0.4 is 16.2 Å². The maximum absolute atomic E-state index is 12.8.